The van der Waals surface area contributed by atoms with Crippen LogP contribution >= 0.6 is 11.3 Å². The third-order valence-electron chi connectivity index (χ3n) is 4.60. The summed E-state index contributed by atoms with van der Waals surface area (Å²) in [6.07, 6.45) is 1.63. The Balaban J connectivity index is 1.48. The van der Waals surface area contributed by atoms with Crippen molar-refractivity contribution in [2.24, 2.45) is 0 Å². The number of benzene rings is 2. The van der Waals surface area contributed by atoms with E-state index in [2.05, 4.69) is 20.3 Å². The number of nitrogens with one attached hydrogen (secondary N) is 1. The van der Waals surface area contributed by atoms with Crippen LogP contribution in [0.5, 0.6) is 23.1 Å². The minimum atomic E-state index is -0.133. The van der Waals surface area contributed by atoms with Crippen molar-refractivity contribution in [1.29, 1.82) is 0 Å². The number of aromatic nitrogens is 3. The molecule has 4 aromatic rings. The normalized spacial score (nSPS) is 10.8. The van der Waals surface area contributed by atoms with Crippen LogP contribution in [-0.2, 0) is 11.2 Å². The summed E-state index contributed by atoms with van der Waals surface area (Å²) < 4.78 is 16.9. The first-order valence-electron chi connectivity index (χ1n) is 10.1. The largest absolute Gasteiger partial charge is 0.493 e. The number of carbonyl (C=O) groups is 1. The van der Waals surface area contributed by atoms with Crippen LogP contribution < -0.4 is 19.5 Å². The number of methoxy groups -OCH3 is 1. The van der Waals surface area contributed by atoms with Gasteiger partial charge in [0, 0.05) is 11.4 Å². The first-order valence-corrected chi connectivity index (χ1v) is 11.0. The molecular weight excluding hydrogens is 444 g/mol. The van der Waals surface area contributed by atoms with Gasteiger partial charge in [0.2, 0.25) is 11.8 Å². The fourth-order valence-corrected chi connectivity index (χ4v) is 3.80. The molecule has 1 amide bonds. The van der Waals surface area contributed by atoms with E-state index in [1.54, 1.807) is 24.3 Å². The zero-order valence-electron chi connectivity index (χ0n) is 18.1. The molecule has 33 heavy (non-hydrogen) atoms. The molecule has 2 aromatic heterocycles. The van der Waals surface area contributed by atoms with E-state index < -0.39 is 0 Å². The monoisotopic (exact) mass is 466 g/mol. The molecule has 0 radical (unpaired) electrons. The average Bonchev–Trinajstić information content (AvgIpc) is 3.22. The Labute approximate surface area is 194 Å². The molecule has 0 spiro atoms. The van der Waals surface area contributed by atoms with Crippen LogP contribution in [0.15, 0.2) is 48.1 Å². The summed E-state index contributed by atoms with van der Waals surface area (Å²) in [5.74, 6) is 1.74. The van der Waals surface area contributed by atoms with Crippen molar-refractivity contribution in [1.82, 2.24) is 15.0 Å². The van der Waals surface area contributed by atoms with Gasteiger partial charge in [-0.2, -0.15) is 0 Å². The maximum atomic E-state index is 12.2. The molecular formula is C23H22N4O5S. The molecule has 0 aliphatic carbocycles. The highest BCUT2D eigenvalue weighted by Gasteiger charge is 2.13. The molecule has 0 aliphatic rings. The lowest BCUT2D eigenvalue weighted by atomic mass is 10.1. The van der Waals surface area contributed by atoms with Crippen molar-refractivity contribution in [3.63, 3.8) is 0 Å². The maximum absolute atomic E-state index is 12.2. The fraction of sp³-hybridized carbons (Fsp3) is 0.217. The van der Waals surface area contributed by atoms with Gasteiger partial charge >= 0.3 is 0 Å². The number of anilines is 1. The second-order valence-electron chi connectivity index (χ2n) is 7.04. The number of fused-ring (bicyclic) bond motifs is 1. The summed E-state index contributed by atoms with van der Waals surface area (Å²) in [4.78, 5) is 25.0. The molecule has 0 saturated heterocycles. The molecule has 0 atom stereocenters. The highest BCUT2D eigenvalue weighted by Crippen LogP contribution is 2.36. The van der Waals surface area contributed by atoms with Crippen molar-refractivity contribution in [2.45, 2.75) is 13.3 Å². The first-order chi connectivity index (χ1) is 16.1. The number of rotatable bonds is 9. The van der Waals surface area contributed by atoms with E-state index in [-0.39, 0.29) is 25.5 Å². The molecule has 4 rings (SSSR count). The Hall–Kier alpha value is -3.76. The molecule has 0 fully saturated rings. The van der Waals surface area contributed by atoms with Crippen molar-refractivity contribution in [3.05, 3.63) is 59.4 Å². The Bertz CT molecular complexity index is 1260. The quantitative estimate of drug-likeness (QED) is 0.383. The highest BCUT2D eigenvalue weighted by molar-refractivity contribution is 7.13. The number of hydrogen-bond acceptors (Lipinski definition) is 9. The van der Waals surface area contributed by atoms with Gasteiger partial charge in [-0.05, 0) is 30.7 Å². The van der Waals surface area contributed by atoms with Crippen LogP contribution in [0, 0.1) is 6.92 Å². The lowest BCUT2D eigenvalue weighted by molar-refractivity contribution is -0.115. The second-order valence-corrected chi connectivity index (χ2v) is 7.89. The van der Waals surface area contributed by atoms with Gasteiger partial charge in [-0.3, -0.25) is 4.79 Å². The van der Waals surface area contributed by atoms with Crippen LogP contribution in [0.4, 0.5) is 5.13 Å². The summed E-state index contributed by atoms with van der Waals surface area (Å²) in [6.45, 7) is 1.91. The van der Waals surface area contributed by atoms with E-state index in [9.17, 15) is 4.79 Å². The number of carbonyl (C=O) groups excluding carboxylic acids is 1. The highest BCUT2D eigenvalue weighted by atomic mass is 32.1. The first kappa shape index (κ1) is 22.4. The molecule has 0 saturated carbocycles. The van der Waals surface area contributed by atoms with Gasteiger partial charge in [0.05, 0.1) is 36.7 Å². The van der Waals surface area contributed by atoms with Crippen LogP contribution in [-0.4, -0.2) is 46.3 Å². The molecule has 2 heterocycles. The van der Waals surface area contributed by atoms with Gasteiger partial charge in [0.25, 0.3) is 0 Å². The summed E-state index contributed by atoms with van der Waals surface area (Å²) >= 11 is 1.40. The topological polar surface area (TPSA) is 116 Å². The smallest absolute Gasteiger partial charge is 0.230 e. The summed E-state index contributed by atoms with van der Waals surface area (Å²) in [5.41, 5.74) is 2.33. The minimum absolute atomic E-state index is 0.110. The molecule has 170 valence electrons. The fourth-order valence-electron chi connectivity index (χ4n) is 3.10. The maximum Gasteiger partial charge on any atom is 0.230 e. The number of aliphatic hydroxyl groups is 1. The zero-order chi connectivity index (χ0) is 23.2. The number of amides is 1. The molecule has 2 N–H and O–H groups in total. The van der Waals surface area contributed by atoms with Gasteiger partial charge in [-0.25, -0.2) is 15.0 Å². The minimum Gasteiger partial charge on any atom is -0.493 e. The Morgan fingerprint density at radius 1 is 1.15 bits per heavy atom. The van der Waals surface area contributed by atoms with Gasteiger partial charge < -0.3 is 24.6 Å². The molecule has 0 unspecified atom stereocenters. The Kier molecular flexibility index (Phi) is 6.96. The number of aryl methyl sites for hydroxylation is 1. The standard InChI is InChI=1S/C23H22N4O5S/c1-14-12-33-23(26-14)27-21(29)9-15-3-5-16(6-4-15)32-22-17-10-19(30-2)20(31-8-7-28)11-18(17)24-13-25-22/h3-6,10-13,28H,7-9H2,1-2H3,(H,26,27,29). The number of thiazole rings is 1. The summed E-state index contributed by atoms with van der Waals surface area (Å²) in [5, 5.41) is 14.9. The number of nitrogens with zero attached hydrogens (tertiary/aromatic N) is 3. The molecule has 0 bridgehead atoms. The predicted molar refractivity (Wildman–Crippen MR) is 124 cm³/mol. The van der Waals surface area contributed by atoms with Crippen molar-refractivity contribution >= 4 is 33.3 Å². The van der Waals surface area contributed by atoms with Gasteiger partial charge in [-0.1, -0.05) is 12.1 Å². The van der Waals surface area contributed by atoms with E-state index in [1.807, 2.05) is 24.4 Å². The van der Waals surface area contributed by atoms with Crippen molar-refractivity contribution < 1.29 is 24.1 Å². The van der Waals surface area contributed by atoms with Crippen LogP contribution in [0.3, 0.4) is 0 Å². The van der Waals surface area contributed by atoms with Gasteiger partial charge in [-0.15, -0.1) is 11.3 Å². The SMILES string of the molecule is COc1cc2c(Oc3ccc(CC(=O)Nc4nc(C)cs4)cc3)ncnc2cc1OCCO. The lowest BCUT2D eigenvalue weighted by Crippen LogP contribution is -2.14. The third kappa shape index (κ3) is 5.54. The average molecular weight is 467 g/mol. The van der Waals surface area contributed by atoms with Crippen molar-refractivity contribution in [2.75, 3.05) is 25.6 Å². The Morgan fingerprint density at radius 3 is 2.67 bits per heavy atom. The molecule has 2 aromatic carbocycles. The number of hydrogen-bond donors (Lipinski definition) is 2. The van der Waals surface area contributed by atoms with Crippen molar-refractivity contribution in [3.8, 4) is 23.1 Å². The van der Waals surface area contributed by atoms with Gasteiger partial charge in [0.1, 0.15) is 18.7 Å². The predicted octanol–water partition coefficient (Wildman–Crippen LogP) is 3.75. The summed E-state index contributed by atoms with van der Waals surface area (Å²) in [6, 6.07) is 10.7. The zero-order valence-corrected chi connectivity index (χ0v) is 18.9. The van der Waals surface area contributed by atoms with Gasteiger partial charge in [0.15, 0.2) is 16.6 Å². The third-order valence-corrected chi connectivity index (χ3v) is 5.48. The van der Waals surface area contributed by atoms with Crippen LogP contribution in [0.2, 0.25) is 0 Å². The van der Waals surface area contributed by atoms with E-state index in [4.69, 9.17) is 19.3 Å². The molecule has 9 nitrogen and oxygen atoms in total. The number of ether oxygens (including phenoxy) is 3. The number of aliphatic hydroxyl groups excluding tert-OH is 1. The van der Waals surface area contributed by atoms with E-state index in [1.165, 1.54) is 24.8 Å². The molecule has 10 heteroatoms. The second kappa shape index (κ2) is 10.2. The Morgan fingerprint density at radius 2 is 1.97 bits per heavy atom. The van der Waals surface area contributed by atoms with Crippen LogP contribution in [0.25, 0.3) is 10.9 Å². The van der Waals surface area contributed by atoms with E-state index in [0.717, 1.165) is 11.3 Å². The lowest BCUT2D eigenvalue weighted by Gasteiger charge is -2.13. The van der Waals surface area contributed by atoms with Crippen LogP contribution in [0.1, 0.15) is 11.3 Å². The van der Waals surface area contributed by atoms with E-state index in [0.29, 0.717) is 39.2 Å². The molecule has 0 aliphatic heterocycles. The van der Waals surface area contributed by atoms with E-state index >= 15 is 0 Å². The summed E-state index contributed by atoms with van der Waals surface area (Å²) in [7, 11) is 1.53.